The van der Waals surface area contributed by atoms with Crippen molar-refractivity contribution < 1.29 is 9.47 Å². The second-order valence-corrected chi connectivity index (χ2v) is 4.52. The summed E-state index contributed by atoms with van der Waals surface area (Å²) in [7, 11) is 1.66. The molecule has 2 heterocycles. The van der Waals surface area contributed by atoms with Crippen LogP contribution in [0, 0.1) is 4.77 Å². The van der Waals surface area contributed by atoms with Crippen LogP contribution in [0.15, 0.2) is 6.20 Å². The van der Waals surface area contributed by atoms with Crippen LogP contribution >= 0.6 is 12.2 Å². The fourth-order valence-electron chi connectivity index (χ4n) is 1.88. The van der Waals surface area contributed by atoms with E-state index in [2.05, 4.69) is 15.3 Å². The van der Waals surface area contributed by atoms with Gasteiger partial charge in [0.15, 0.2) is 10.6 Å². The van der Waals surface area contributed by atoms with E-state index in [0.717, 1.165) is 17.9 Å². The monoisotopic (exact) mass is 297 g/mol. The summed E-state index contributed by atoms with van der Waals surface area (Å²) in [4.78, 5) is 0. The van der Waals surface area contributed by atoms with Gasteiger partial charge in [-0.2, -0.15) is 5.10 Å². The Morgan fingerprint density at radius 1 is 1.40 bits per heavy atom. The lowest BCUT2D eigenvalue weighted by Crippen LogP contribution is -2.06. The molecule has 0 saturated heterocycles. The van der Waals surface area contributed by atoms with Crippen molar-refractivity contribution in [3.05, 3.63) is 11.0 Å². The molecule has 0 atom stereocenters. The topological polar surface area (TPSA) is 69.9 Å². The zero-order valence-electron chi connectivity index (χ0n) is 11.9. The average molecular weight is 297 g/mol. The Balaban J connectivity index is 2.44. The molecular weight excluding hydrogens is 278 g/mol. The van der Waals surface area contributed by atoms with Gasteiger partial charge in [0, 0.05) is 19.9 Å². The molecule has 110 valence electrons. The van der Waals surface area contributed by atoms with Crippen molar-refractivity contribution in [3.63, 3.8) is 0 Å². The molecule has 8 heteroatoms. The molecule has 0 aromatic carbocycles. The molecule has 2 rings (SSSR count). The maximum atomic E-state index is 5.58. The minimum atomic E-state index is 0.553. The van der Waals surface area contributed by atoms with Crippen molar-refractivity contribution in [1.29, 1.82) is 0 Å². The van der Waals surface area contributed by atoms with Crippen LogP contribution in [0.25, 0.3) is 11.4 Å². The first kappa shape index (κ1) is 14.7. The Morgan fingerprint density at radius 2 is 2.20 bits per heavy atom. The standard InChI is InChI=1S/C12H19N5O2S/c1-4-16-8-9(11(15-16)19-5-2)10-13-14-12(20)17(10)6-7-18-3/h8H,4-7H2,1-3H3,(H,14,20). The second kappa shape index (κ2) is 6.67. The van der Waals surface area contributed by atoms with Crippen molar-refractivity contribution in [1.82, 2.24) is 24.5 Å². The molecule has 0 bridgehead atoms. The van der Waals surface area contributed by atoms with E-state index in [0.29, 0.717) is 30.4 Å². The Labute approximate surface area is 122 Å². The third-order valence-corrected chi connectivity index (χ3v) is 3.16. The third kappa shape index (κ3) is 2.91. The lowest BCUT2D eigenvalue weighted by atomic mass is 10.3. The predicted octanol–water partition coefficient (Wildman–Crippen LogP) is 1.87. The van der Waals surface area contributed by atoms with Gasteiger partial charge in [-0.05, 0) is 26.1 Å². The Hall–Kier alpha value is -1.67. The highest BCUT2D eigenvalue weighted by molar-refractivity contribution is 7.71. The summed E-state index contributed by atoms with van der Waals surface area (Å²) in [5.74, 6) is 1.29. The molecule has 0 fully saturated rings. The summed E-state index contributed by atoms with van der Waals surface area (Å²) in [5, 5.41) is 11.5. The SMILES string of the molecule is CCOc1nn(CC)cc1-c1n[nH]c(=S)n1CCOC. The first-order valence-electron chi connectivity index (χ1n) is 6.56. The van der Waals surface area contributed by atoms with Gasteiger partial charge >= 0.3 is 0 Å². The van der Waals surface area contributed by atoms with Crippen LogP contribution in [0.3, 0.4) is 0 Å². The van der Waals surface area contributed by atoms with Gasteiger partial charge in [-0.25, -0.2) is 0 Å². The van der Waals surface area contributed by atoms with Crippen LogP contribution in [0.1, 0.15) is 13.8 Å². The molecule has 0 aliphatic heterocycles. The summed E-state index contributed by atoms with van der Waals surface area (Å²) in [6.07, 6.45) is 1.92. The molecule has 7 nitrogen and oxygen atoms in total. The number of aromatic nitrogens is 5. The minimum absolute atomic E-state index is 0.553. The van der Waals surface area contributed by atoms with E-state index in [1.54, 1.807) is 7.11 Å². The second-order valence-electron chi connectivity index (χ2n) is 4.13. The molecular formula is C12H19N5O2S. The van der Waals surface area contributed by atoms with Gasteiger partial charge in [0.2, 0.25) is 5.88 Å². The number of methoxy groups -OCH3 is 1. The van der Waals surface area contributed by atoms with Crippen LogP contribution in [0.5, 0.6) is 5.88 Å². The fourth-order valence-corrected chi connectivity index (χ4v) is 2.10. The number of hydrogen-bond donors (Lipinski definition) is 1. The van der Waals surface area contributed by atoms with Gasteiger partial charge in [0.25, 0.3) is 0 Å². The molecule has 0 saturated carbocycles. The Kier molecular flexibility index (Phi) is 4.91. The molecule has 0 spiro atoms. The zero-order chi connectivity index (χ0) is 14.5. The summed E-state index contributed by atoms with van der Waals surface area (Å²) in [5.41, 5.74) is 0.831. The lowest BCUT2D eigenvalue weighted by Gasteiger charge is -2.06. The largest absolute Gasteiger partial charge is 0.476 e. The summed E-state index contributed by atoms with van der Waals surface area (Å²) >= 11 is 5.25. The van der Waals surface area contributed by atoms with Gasteiger partial charge in [-0.3, -0.25) is 14.3 Å². The van der Waals surface area contributed by atoms with Gasteiger partial charge in [-0.1, -0.05) is 0 Å². The summed E-state index contributed by atoms with van der Waals surface area (Å²) in [6.45, 7) is 6.46. The molecule has 1 N–H and O–H groups in total. The minimum Gasteiger partial charge on any atom is -0.476 e. The molecule has 0 aliphatic rings. The molecule has 20 heavy (non-hydrogen) atoms. The van der Waals surface area contributed by atoms with E-state index in [1.807, 2.05) is 29.3 Å². The highest BCUT2D eigenvalue weighted by atomic mass is 32.1. The molecule has 2 aromatic heterocycles. The molecule has 0 unspecified atom stereocenters. The van der Waals surface area contributed by atoms with Gasteiger partial charge in [-0.15, -0.1) is 5.10 Å². The number of hydrogen-bond acceptors (Lipinski definition) is 5. The highest BCUT2D eigenvalue weighted by Gasteiger charge is 2.18. The van der Waals surface area contributed by atoms with Crippen LogP contribution in [-0.4, -0.2) is 44.9 Å². The quantitative estimate of drug-likeness (QED) is 0.790. The van der Waals surface area contributed by atoms with Gasteiger partial charge < -0.3 is 9.47 Å². The van der Waals surface area contributed by atoms with Crippen LogP contribution in [-0.2, 0) is 17.8 Å². The number of H-pyrrole nitrogens is 1. The normalized spacial score (nSPS) is 10.9. The van der Waals surface area contributed by atoms with Crippen molar-refractivity contribution >= 4 is 12.2 Å². The summed E-state index contributed by atoms with van der Waals surface area (Å²) < 4.78 is 14.9. The average Bonchev–Trinajstić information content (AvgIpc) is 3.00. The zero-order valence-corrected chi connectivity index (χ0v) is 12.7. The van der Waals surface area contributed by atoms with Crippen LogP contribution in [0.2, 0.25) is 0 Å². The van der Waals surface area contributed by atoms with Gasteiger partial charge in [0.1, 0.15) is 5.56 Å². The Morgan fingerprint density at radius 3 is 2.85 bits per heavy atom. The van der Waals surface area contributed by atoms with Gasteiger partial charge in [0.05, 0.1) is 19.8 Å². The van der Waals surface area contributed by atoms with E-state index in [9.17, 15) is 0 Å². The first-order chi connectivity index (χ1) is 9.71. The maximum absolute atomic E-state index is 5.58. The number of rotatable bonds is 7. The summed E-state index contributed by atoms with van der Waals surface area (Å²) in [6, 6.07) is 0. The van der Waals surface area contributed by atoms with E-state index in [1.165, 1.54) is 0 Å². The van der Waals surface area contributed by atoms with Crippen LogP contribution in [0.4, 0.5) is 0 Å². The number of ether oxygens (including phenoxy) is 2. The maximum Gasteiger partial charge on any atom is 0.243 e. The van der Waals surface area contributed by atoms with Crippen molar-refractivity contribution in [2.45, 2.75) is 26.9 Å². The van der Waals surface area contributed by atoms with Crippen molar-refractivity contribution in [3.8, 4) is 17.3 Å². The highest BCUT2D eigenvalue weighted by Crippen LogP contribution is 2.27. The van der Waals surface area contributed by atoms with E-state index >= 15 is 0 Å². The Bertz CT molecular complexity index is 616. The number of nitrogens with zero attached hydrogens (tertiary/aromatic N) is 4. The van der Waals surface area contributed by atoms with Crippen LogP contribution < -0.4 is 4.74 Å². The van der Waals surface area contributed by atoms with E-state index in [-0.39, 0.29) is 0 Å². The van der Waals surface area contributed by atoms with Crippen molar-refractivity contribution in [2.24, 2.45) is 0 Å². The first-order valence-corrected chi connectivity index (χ1v) is 6.96. The molecule has 0 radical (unpaired) electrons. The lowest BCUT2D eigenvalue weighted by molar-refractivity contribution is 0.187. The smallest absolute Gasteiger partial charge is 0.243 e. The van der Waals surface area contributed by atoms with E-state index < -0.39 is 0 Å². The fraction of sp³-hybridized carbons (Fsp3) is 0.583. The predicted molar refractivity (Wildman–Crippen MR) is 77.4 cm³/mol. The number of aryl methyl sites for hydroxylation is 1. The number of nitrogens with one attached hydrogen (secondary N) is 1. The molecule has 2 aromatic rings. The third-order valence-electron chi connectivity index (χ3n) is 2.85. The molecule has 0 amide bonds. The van der Waals surface area contributed by atoms with E-state index in [4.69, 9.17) is 21.7 Å². The van der Waals surface area contributed by atoms with Crippen molar-refractivity contribution in [2.75, 3.05) is 20.3 Å². The number of aromatic amines is 1. The molecule has 0 aliphatic carbocycles.